The van der Waals surface area contributed by atoms with Gasteiger partial charge in [-0.1, -0.05) is 30.3 Å². The van der Waals surface area contributed by atoms with E-state index < -0.39 is 12.1 Å². The van der Waals surface area contributed by atoms with Gasteiger partial charge in [0, 0.05) is 18.8 Å². The number of carbonyl (C=O) groups is 1. The molecule has 0 saturated heterocycles. The second kappa shape index (κ2) is 5.90. The van der Waals surface area contributed by atoms with Gasteiger partial charge in [0.15, 0.2) is 5.82 Å². The Morgan fingerprint density at radius 1 is 1.17 bits per heavy atom. The Labute approximate surface area is 138 Å². The number of fused-ring (bicyclic) bond motifs is 1. The predicted molar refractivity (Wildman–Crippen MR) is 87.7 cm³/mol. The van der Waals surface area contributed by atoms with E-state index in [9.17, 15) is 9.90 Å². The highest BCUT2D eigenvalue weighted by atomic mass is 16.3. The zero-order valence-corrected chi connectivity index (χ0v) is 12.8. The van der Waals surface area contributed by atoms with Gasteiger partial charge < -0.3 is 10.4 Å². The molecule has 0 aliphatic heterocycles. The number of carbonyl (C=O) groups excluding carboxylic acids is 1. The Hall–Kier alpha value is -2.99. The Kier molecular flexibility index (Phi) is 3.59. The molecule has 4 rings (SSSR count). The van der Waals surface area contributed by atoms with Crippen LogP contribution in [0.25, 0.3) is 5.82 Å². The van der Waals surface area contributed by atoms with E-state index in [1.165, 1.54) is 0 Å². The van der Waals surface area contributed by atoms with Gasteiger partial charge in [0.1, 0.15) is 5.69 Å². The normalized spacial score (nSPS) is 19.0. The van der Waals surface area contributed by atoms with Gasteiger partial charge in [-0.3, -0.25) is 4.79 Å². The number of rotatable bonds is 3. The first-order valence-corrected chi connectivity index (χ1v) is 7.76. The van der Waals surface area contributed by atoms with Crippen molar-refractivity contribution in [2.24, 2.45) is 0 Å². The summed E-state index contributed by atoms with van der Waals surface area (Å²) in [6.45, 7) is 0. The monoisotopic (exact) mass is 320 g/mol. The maximum absolute atomic E-state index is 12.6. The molecule has 2 N–H and O–H groups in total. The summed E-state index contributed by atoms with van der Waals surface area (Å²) < 4.78 is 1.59. The fraction of sp³-hybridized carbons (Fsp3) is 0.167. The minimum Gasteiger partial charge on any atom is -0.390 e. The number of nitrogens with zero attached hydrogens (tertiary/aromatic N) is 3. The lowest BCUT2D eigenvalue weighted by molar-refractivity contribution is 0.0853. The summed E-state index contributed by atoms with van der Waals surface area (Å²) >= 11 is 0. The zero-order valence-electron chi connectivity index (χ0n) is 12.8. The van der Waals surface area contributed by atoms with Crippen molar-refractivity contribution in [1.29, 1.82) is 0 Å². The van der Waals surface area contributed by atoms with Gasteiger partial charge in [0.2, 0.25) is 0 Å². The molecule has 2 aromatic heterocycles. The standard InChI is InChI=1S/C18H16N4O2/c23-15-11-12-5-1-2-6-13(12)17(15)21-18(24)14-7-3-8-16(20-14)22-10-4-9-19-22/h1-10,15,17,23H,11H2,(H,21,24)/t15-,17+/m0/s1. The van der Waals surface area contributed by atoms with Gasteiger partial charge in [0.05, 0.1) is 12.1 Å². The first-order valence-electron chi connectivity index (χ1n) is 7.76. The van der Waals surface area contributed by atoms with Crippen LogP contribution in [0.3, 0.4) is 0 Å². The molecule has 0 fully saturated rings. The molecule has 0 bridgehead atoms. The lowest BCUT2D eigenvalue weighted by Crippen LogP contribution is -2.34. The highest BCUT2D eigenvalue weighted by molar-refractivity contribution is 5.92. The molecule has 1 amide bonds. The number of aliphatic hydroxyl groups excluding tert-OH is 1. The van der Waals surface area contributed by atoms with Crippen molar-refractivity contribution in [3.8, 4) is 5.82 Å². The number of nitrogens with one attached hydrogen (secondary N) is 1. The molecular formula is C18H16N4O2. The van der Waals surface area contributed by atoms with Crippen LogP contribution in [0.2, 0.25) is 0 Å². The molecule has 3 aromatic rings. The van der Waals surface area contributed by atoms with Crippen molar-refractivity contribution in [3.05, 3.63) is 77.7 Å². The first kappa shape index (κ1) is 14.6. The second-order valence-electron chi connectivity index (χ2n) is 5.75. The van der Waals surface area contributed by atoms with Crippen molar-refractivity contribution < 1.29 is 9.90 Å². The van der Waals surface area contributed by atoms with Crippen molar-refractivity contribution in [2.45, 2.75) is 18.6 Å². The van der Waals surface area contributed by atoms with Crippen molar-refractivity contribution in [1.82, 2.24) is 20.1 Å². The summed E-state index contributed by atoms with van der Waals surface area (Å²) in [4.78, 5) is 16.9. The number of hydrogen-bond donors (Lipinski definition) is 2. The van der Waals surface area contributed by atoms with E-state index in [0.29, 0.717) is 17.9 Å². The fourth-order valence-electron chi connectivity index (χ4n) is 3.04. The van der Waals surface area contributed by atoms with Crippen LogP contribution >= 0.6 is 0 Å². The number of amides is 1. The average molecular weight is 320 g/mol. The summed E-state index contributed by atoms with van der Waals surface area (Å²) in [6.07, 6.45) is 3.34. The fourth-order valence-corrected chi connectivity index (χ4v) is 3.04. The van der Waals surface area contributed by atoms with E-state index in [4.69, 9.17) is 0 Å². The van der Waals surface area contributed by atoms with Crippen LogP contribution in [0.1, 0.15) is 27.7 Å². The van der Waals surface area contributed by atoms with Gasteiger partial charge in [-0.15, -0.1) is 0 Å². The molecule has 0 radical (unpaired) electrons. The number of aromatic nitrogens is 3. The Morgan fingerprint density at radius 3 is 2.88 bits per heavy atom. The van der Waals surface area contributed by atoms with Crippen LogP contribution in [0.5, 0.6) is 0 Å². The van der Waals surface area contributed by atoms with Crippen molar-refractivity contribution in [2.75, 3.05) is 0 Å². The van der Waals surface area contributed by atoms with E-state index in [-0.39, 0.29) is 5.91 Å². The predicted octanol–water partition coefficient (Wildman–Crippen LogP) is 1.66. The quantitative estimate of drug-likeness (QED) is 0.769. The van der Waals surface area contributed by atoms with Gasteiger partial charge in [0.25, 0.3) is 5.91 Å². The second-order valence-corrected chi connectivity index (χ2v) is 5.75. The SMILES string of the molecule is O=C(N[C@@H]1c2ccccc2C[C@@H]1O)c1cccc(-n2cccn2)n1. The maximum atomic E-state index is 12.6. The molecule has 24 heavy (non-hydrogen) atoms. The van der Waals surface area contributed by atoms with E-state index in [1.807, 2.05) is 24.3 Å². The molecule has 1 aromatic carbocycles. The Balaban J connectivity index is 1.58. The van der Waals surface area contributed by atoms with Gasteiger partial charge in [-0.25, -0.2) is 9.67 Å². The minimum atomic E-state index is -0.624. The summed E-state index contributed by atoms with van der Waals surface area (Å²) in [6, 6.07) is 14.3. The third kappa shape index (κ3) is 2.57. The van der Waals surface area contributed by atoms with Crippen LogP contribution in [0, 0.1) is 0 Å². The molecule has 0 saturated carbocycles. The average Bonchev–Trinajstić information content (AvgIpc) is 3.24. The third-order valence-corrected chi connectivity index (χ3v) is 4.20. The number of benzene rings is 1. The molecule has 1 aliphatic rings. The molecule has 0 spiro atoms. The van der Waals surface area contributed by atoms with Crippen LogP contribution in [-0.2, 0) is 6.42 Å². The van der Waals surface area contributed by atoms with Gasteiger partial charge in [-0.2, -0.15) is 5.10 Å². The number of aliphatic hydroxyl groups is 1. The smallest absolute Gasteiger partial charge is 0.270 e. The molecule has 0 unspecified atom stereocenters. The summed E-state index contributed by atoms with van der Waals surface area (Å²) in [5.74, 6) is 0.254. The molecule has 2 heterocycles. The van der Waals surface area contributed by atoms with Crippen molar-refractivity contribution in [3.63, 3.8) is 0 Å². The summed E-state index contributed by atoms with van der Waals surface area (Å²) in [5.41, 5.74) is 2.31. The van der Waals surface area contributed by atoms with Crippen LogP contribution in [0.4, 0.5) is 0 Å². The molecular weight excluding hydrogens is 304 g/mol. The summed E-state index contributed by atoms with van der Waals surface area (Å²) in [7, 11) is 0. The lowest BCUT2D eigenvalue weighted by Gasteiger charge is -2.17. The van der Waals surface area contributed by atoms with E-state index in [1.54, 1.807) is 41.3 Å². The molecule has 2 atom stereocenters. The third-order valence-electron chi connectivity index (χ3n) is 4.20. The van der Waals surface area contributed by atoms with Crippen molar-refractivity contribution >= 4 is 5.91 Å². The van der Waals surface area contributed by atoms with E-state index >= 15 is 0 Å². The Bertz CT molecular complexity index is 876. The van der Waals surface area contributed by atoms with Crippen LogP contribution in [-0.4, -0.2) is 31.9 Å². The van der Waals surface area contributed by atoms with E-state index in [0.717, 1.165) is 11.1 Å². The molecule has 1 aliphatic carbocycles. The Morgan fingerprint density at radius 2 is 2.04 bits per heavy atom. The first-order chi connectivity index (χ1) is 11.7. The van der Waals surface area contributed by atoms with Gasteiger partial charge in [-0.05, 0) is 29.3 Å². The summed E-state index contributed by atoms with van der Waals surface area (Å²) in [5, 5.41) is 17.3. The lowest BCUT2D eigenvalue weighted by atomic mass is 10.1. The molecule has 6 heteroatoms. The molecule has 120 valence electrons. The number of hydrogen-bond acceptors (Lipinski definition) is 4. The topological polar surface area (TPSA) is 80.0 Å². The highest BCUT2D eigenvalue weighted by Crippen LogP contribution is 2.31. The van der Waals surface area contributed by atoms with Crippen LogP contribution < -0.4 is 5.32 Å². The number of pyridine rings is 1. The van der Waals surface area contributed by atoms with Crippen LogP contribution in [0.15, 0.2) is 60.9 Å². The highest BCUT2D eigenvalue weighted by Gasteiger charge is 2.32. The van der Waals surface area contributed by atoms with Gasteiger partial charge >= 0.3 is 0 Å². The minimum absolute atomic E-state index is 0.291. The molecule has 6 nitrogen and oxygen atoms in total. The largest absolute Gasteiger partial charge is 0.390 e. The maximum Gasteiger partial charge on any atom is 0.270 e. The zero-order chi connectivity index (χ0) is 16.5. The van der Waals surface area contributed by atoms with E-state index in [2.05, 4.69) is 15.4 Å².